The van der Waals surface area contributed by atoms with E-state index in [0.29, 0.717) is 30.2 Å². The van der Waals surface area contributed by atoms with Crippen molar-refractivity contribution in [2.75, 3.05) is 58.0 Å². The molecule has 1 unspecified atom stereocenters. The molecule has 2 aromatic heterocycles. The van der Waals surface area contributed by atoms with Gasteiger partial charge in [-0.25, -0.2) is 15.0 Å². The van der Waals surface area contributed by atoms with Gasteiger partial charge in [-0.15, -0.1) is 0 Å². The molecule has 0 amide bonds. The van der Waals surface area contributed by atoms with E-state index in [9.17, 15) is 17.6 Å². The molecule has 40 heavy (non-hydrogen) atoms. The van der Waals surface area contributed by atoms with Gasteiger partial charge in [-0.1, -0.05) is 6.07 Å². The Labute approximate surface area is 232 Å². The largest absolute Gasteiger partial charge is 0.461 e. The minimum absolute atomic E-state index is 0.207. The van der Waals surface area contributed by atoms with Gasteiger partial charge in [-0.3, -0.25) is 4.90 Å². The Morgan fingerprint density at radius 1 is 0.975 bits per heavy atom. The van der Waals surface area contributed by atoms with Crippen LogP contribution in [-0.4, -0.2) is 91.3 Å². The Kier molecular flexibility index (Phi) is 11.0. The first kappa shape index (κ1) is 31.0. The van der Waals surface area contributed by atoms with E-state index >= 15 is 0 Å². The van der Waals surface area contributed by atoms with E-state index < -0.39 is 24.4 Å². The Morgan fingerprint density at radius 3 is 2.40 bits per heavy atom. The Hall–Kier alpha value is -3.55. The van der Waals surface area contributed by atoms with E-state index in [1.807, 2.05) is 45.2 Å². The second-order valence-electron chi connectivity index (χ2n) is 9.75. The van der Waals surface area contributed by atoms with Crippen LogP contribution in [0, 0.1) is 0 Å². The second kappa shape index (κ2) is 14.2. The molecule has 218 valence electrons. The second-order valence-corrected chi connectivity index (χ2v) is 9.75. The highest BCUT2D eigenvalue weighted by atomic mass is 19.3. The molecule has 9 nitrogen and oxygen atoms in total. The van der Waals surface area contributed by atoms with Gasteiger partial charge >= 0.3 is 12.5 Å². The van der Waals surface area contributed by atoms with Crippen LogP contribution in [0.3, 0.4) is 0 Å². The lowest BCUT2D eigenvalue weighted by Crippen LogP contribution is -2.41. The molecule has 3 aromatic rings. The number of alkyl halides is 4. The maximum Gasteiger partial charge on any atom is 0.461 e. The number of nitrogens with one attached hydrogen (secondary N) is 1. The third-order valence-corrected chi connectivity index (χ3v) is 5.81. The van der Waals surface area contributed by atoms with Crippen molar-refractivity contribution in [3.8, 4) is 17.0 Å². The Bertz CT molecular complexity index is 1210. The van der Waals surface area contributed by atoms with E-state index in [1.54, 1.807) is 29.4 Å². The molecule has 2 heterocycles. The number of nitrogens with zero attached hydrogens (tertiary/aromatic N) is 6. The zero-order chi connectivity index (χ0) is 29.3. The van der Waals surface area contributed by atoms with Crippen LogP contribution in [0.2, 0.25) is 0 Å². The fourth-order valence-corrected chi connectivity index (χ4v) is 3.80. The van der Waals surface area contributed by atoms with Crippen molar-refractivity contribution in [1.82, 2.24) is 24.8 Å². The zero-order valence-corrected chi connectivity index (χ0v) is 23.1. The van der Waals surface area contributed by atoms with Gasteiger partial charge in [-0.05, 0) is 77.9 Å². The average Bonchev–Trinajstić information content (AvgIpc) is 2.90. The van der Waals surface area contributed by atoms with Crippen LogP contribution in [0.4, 0.5) is 35.0 Å². The lowest BCUT2D eigenvalue weighted by molar-refractivity contribution is -0.253. The molecular formula is C27H36F4N8O. The first-order valence-corrected chi connectivity index (χ1v) is 12.8. The van der Waals surface area contributed by atoms with E-state index in [1.165, 1.54) is 18.2 Å². The summed E-state index contributed by atoms with van der Waals surface area (Å²) in [5.41, 5.74) is 8.22. The summed E-state index contributed by atoms with van der Waals surface area (Å²) in [7, 11) is 7.82. The predicted molar refractivity (Wildman–Crippen MR) is 148 cm³/mol. The van der Waals surface area contributed by atoms with Crippen LogP contribution in [0.5, 0.6) is 5.75 Å². The molecule has 13 heteroatoms. The number of rotatable bonds is 15. The maximum absolute atomic E-state index is 13.6. The first-order chi connectivity index (χ1) is 19.0. The molecule has 0 bridgehead atoms. The van der Waals surface area contributed by atoms with E-state index in [4.69, 9.17) is 10.7 Å². The van der Waals surface area contributed by atoms with Crippen molar-refractivity contribution in [3.05, 3.63) is 54.9 Å². The van der Waals surface area contributed by atoms with Gasteiger partial charge in [0.05, 0.1) is 11.9 Å². The fraction of sp³-hybridized carbons (Fsp3) is 0.444. The van der Waals surface area contributed by atoms with Gasteiger partial charge < -0.3 is 25.6 Å². The first-order valence-electron chi connectivity index (χ1n) is 12.8. The normalized spacial score (nSPS) is 12.7. The van der Waals surface area contributed by atoms with Crippen molar-refractivity contribution >= 4 is 17.5 Å². The smallest absolute Gasteiger partial charge is 0.428 e. The number of nitrogens with two attached hydrogens (primary N) is 1. The van der Waals surface area contributed by atoms with Gasteiger partial charge in [0, 0.05) is 42.8 Å². The molecule has 0 saturated carbocycles. The molecule has 3 rings (SSSR count). The zero-order valence-electron chi connectivity index (χ0n) is 23.1. The number of hydrogen-bond donors (Lipinski definition) is 2. The van der Waals surface area contributed by atoms with E-state index in [-0.39, 0.29) is 5.95 Å². The molecule has 0 radical (unpaired) electrons. The molecule has 3 N–H and O–H groups in total. The van der Waals surface area contributed by atoms with Crippen molar-refractivity contribution in [2.45, 2.75) is 31.5 Å². The van der Waals surface area contributed by atoms with Crippen LogP contribution in [0.1, 0.15) is 12.8 Å². The monoisotopic (exact) mass is 564 g/mol. The lowest BCUT2D eigenvalue weighted by atomic mass is 10.2. The van der Waals surface area contributed by atoms with E-state index in [0.717, 1.165) is 25.1 Å². The summed E-state index contributed by atoms with van der Waals surface area (Å²) in [6, 6.07) is 10.8. The van der Waals surface area contributed by atoms with Gasteiger partial charge in [0.1, 0.15) is 11.6 Å². The summed E-state index contributed by atoms with van der Waals surface area (Å²) in [5, 5.41) is 3.31. The number of halogens is 4. The van der Waals surface area contributed by atoms with Crippen LogP contribution in [-0.2, 0) is 0 Å². The van der Waals surface area contributed by atoms with E-state index in [2.05, 4.69) is 24.9 Å². The van der Waals surface area contributed by atoms with Crippen LogP contribution < -0.4 is 20.7 Å². The highest BCUT2D eigenvalue weighted by molar-refractivity contribution is 5.66. The topological polar surface area (TPSA) is 95.7 Å². The Balaban J connectivity index is 1.93. The van der Waals surface area contributed by atoms with Crippen LogP contribution >= 0.6 is 0 Å². The van der Waals surface area contributed by atoms with Gasteiger partial charge in [-0.2, -0.15) is 17.6 Å². The molecule has 0 aliphatic rings. The van der Waals surface area contributed by atoms with Crippen molar-refractivity contribution in [1.29, 1.82) is 0 Å². The standard InChI is InChI=1S/C27H36F4N8O/c1-37(2)15-6-12-33-24-17-19(9-13-34-24)22-10-14-35-26(36-22)39(23(32)11-16-38(3)4)20-7-5-8-21(18-20)40-27(30,31)25(28)29/h5,7-10,13-14,17-18,23,25H,6,11-12,15-16,32H2,1-4H3,(H,33,34). The van der Waals surface area contributed by atoms with Gasteiger partial charge in [0.15, 0.2) is 0 Å². The molecule has 0 aliphatic heterocycles. The molecule has 0 saturated heterocycles. The van der Waals surface area contributed by atoms with Crippen LogP contribution in [0.25, 0.3) is 11.3 Å². The number of aromatic nitrogens is 3. The summed E-state index contributed by atoms with van der Waals surface area (Å²) in [6.45, 7) is 2.31. The molecule has 0 fully saturated rings. The number of benzene rings is 1. The number of anilines is 3. The van der Waals surface area contributed by atoms with Crippen molar-refractivity contribution in [2.24, 2.45) is 5.73 Å². The summed E-state index contributed by atoms with van der Waals surface area (Å²) in [6.07, 6.45) is -4.64. The number of hydrogen-bond acceptors (Lipinski definition) is 9. The molecule has 1 atom stereocenters. The summed E-state index contributed by atoms with van der Waals surface area (Å²) in [5.74, 6) is 0.461. The Morgan fingerprint density at radius 2 is 1.70 bits per heavy atom. The van der Waals surface area contributed by atoms with Gasteiger partial charge in [0.2, 0.25) is 5.95 Å². The molecule has 0 spiro atoms. The van der Waals surface area contributed by atoms with Gasteiger partial charge in [0.25, 0.3) is 0 Å². The molecule has 1 aromatic carbocycles. The number of ether oxygens (including phenoxy) is 1. The van der Waals surface area contributed by atoms with Crippen molar-refractivity contribution < 1.29 is 22.3 Å². The summed E-state index contributed by atoms with van der Waals surface area (Å²) >= 11 is 0. The third kappa shape index (κ3) is 9.00. The molecular weight excluding hydrogens is 528 g/mol. The minimum atomic E-state index is -4.65. The highest BCUT2D eigenvalue weighted by Gasteiger charge is 2.44. The highest BCUT2D eigenvalue weighted by Crippen LogP contribution is 2.33. The lowest BCUT2D eigenvalue weighted by Gasteiger charge is -2.30. The third-order valence-electron chi connectivity index (χ3n) is 5.81. The SMILES string of the molecule is CN(C)CCCNc1cc(-c2ccnc(N(c3cccc(OC(F)(F)C(F)F)c3)C(N)CCN(C)C)n2)ccn1. The maximum atomic E-state index is 13.6. The van der Waals surface area contributed by atoms with Crippen LogP contribution in [0.15, 0.2) is 54.9 Å². The fourth-order valence-electron chi connectivity index (χ4n) is 3.80. The predicted octanol–water partition coefficient (Wildman–Crippen LogP) is 4.51. The summed E-state index contributed by atoms with van der Waals surface area (Å²) < 4.78 is 57.0. The number of pyridine rings is 1. The quantitative estimate of drug-likeness (QED) is 0.157. The molecule has 0 aliphatic carbocycles. The summed E-state index contributed by atoms with van der Waals surface area (Å²) in [4.78, 5) is 19.1. The van der Waals surface area contributed by atoms with Crippen molar-refractivity contribution in [3.63, 3.8) is 0 Å². The average molecular weight is 565 g/mol. The minimum Gasteiger partial charge on any atom is -0.428 e.